The van der Waals surface area contributed by atoms with Crippen LogP contribution in [0, 0.1) is 12.7 Å². The second-order valence-corrected chi connectivity index (χ2v) is 10.1. The molecule has 3 aliphatic heterocycles. The van der Waals surface area contributed by atoms with Gasteiger partial charge in [-0.1, -0.05) is 0 Å². The van der Waals surface area contributed by atoms with Crippen LogP contribution >= 0.6 is 0 Å². The van der Waals surface area contributed by atoms with Gasteiger partial charge < -0.3 is 30.9 Å². The van der Waals surface area contributed by atoms with Crippen LogP contribution in [0.3, 0.4) is 0 Å². The molecular formula is C26H31FN8O3. The first-order valence-corrected chi connectivity index (χ1v) is 13.0. The van der Waals surface area contributed by atoms with Crippen molar-refractivity contribution in [1.82, 2.24) is 24.8 Å². The molecule has 3 aliphatic rings. The molecule has 11 nitrogen and oxygen atoms in total. The lowest BCUT2D eigenvalue weighted by Gasteiger charge is -2.39. The van der Waals surface area contributed by atoms with Gasteiger partial charge in [-0.25, -0.2) is 9.37 Å². The molecule has 6 rings (SSSR count). The molecule has 0 spiro atoms. The van der Waals surface area contributed by atoms with Gasteiger partial charge in [-0.15, -0.1) is 0 Å². The maximum Gasteiger partial charge on any atom is 0.258 e. The number of ether oxygens (including phenoxy) is 1. The molecule has 3 aromatic rings. The molecule has 12 heteroatoms. The Labute approximate surface area is 219 Å². The van der Waals surface area contributed by atoms with Crippen LogP contribution in [0.25, 0.3) is 5.65 Å². The summed E-state index contributed by atoms with van der Waals surface area (Å²) in [5, 5.41) is 11.1. The highest BCUT2D eigenvalue weighted by Gasteiger charge is 2.34. The normalized spacial score (nSPS) is 20.9. The van der Waals surface area contributed by atoms with Gasteiger partial charge in [-0.2, -0.15) is 9.61 Å². The zero-order valence-electron chi connectivity index (χ0n) is 21.2. The number of aromatic nitrogens is 3. The fourth-order valence-corrected chi connectivity index (χ4v) is 5.46. The van der Waals surface area contributed by atoms with Crippen molar-refractivity contribution >= 4 is 29.1 Å². The van der Waals surface area contributed by atoms with Gasteiger partial charge in [0.25, 0.3) is 11.8 Å². The molecule has 2 saturated heterocycles. The fourth-order valence-electron chi connectivity index (χ4n) is 5.46. The Morgan fingerprint density at radius 3 is 2.76 bits per heavy atom. The van der Waals surface area contributed by atoms with Gasteiger partial charge in [0.05, 0.1) is 17.3 Å². The van der Waals surface area contributed by atoms with Crippen LogP contribution in [0.15, 0.2) is 24.3 Å². The third kappa shape index (κ3) is 4.38. The molecule has 1 atom stereocenters. The van der Waals surface area contributed by atoms with Crippen molar-refractivity contribution < 1.29 is 18.7 Å². The highest BCUT2D eigenvalue weighted by atomic mass is 19.1. The molecule has 1 unspecified atom stereocenters. The molecule has 0 aliphatic carbocycles. The summed E-state index contributed by atoms with van der Waals surface area (Å²) in [4.78, 5) is 35.0. The second kappa shape index (κ2) is 9.75. The zero-order valence-corrected chi connectivity index (χ0v) is 21.2. The summed E-state index contributed by atoms with van der Waals surface area (Å²) in [6, 6.07) is 5.52. The zero-order chi connectivity index (χ0) is 26.4. The quantitative estimate of drug-likeness (QED) is 0.440. The number of rotatable bonds is 1. The van der Waals surface area contributed by atoms with E-state index in [-0.39, 0.29) is 41.8 Å². The van der Waals surface area contributed by atoms with E-state index in [0.717, 1.165) is 55.2 Å². The van der Waals surface area contributed by atoms with E-state index in [4.69, 9.17) is 20.6 Å². The molecule has 0 radical (unpaired) electrons. The van der Waals surface area contributed by atoms with E-state index in [2.05, 4.69) is 15.5 Å². The van der Waals surface area contributed by atoms with Gasteiger partial charge in [0.1, 0.15) is 23.2 Å². The van der Waals surface area contributed by atoms with Crippen molar-refractivity contribution in [1.29, 1.82) is 0 Å². The minimum atomic E-state index is -0.547. The van der Waals surface area contributed by atoms with Crippen molar-refractivity contribution in [2.45, 2.75) is 38.3 Å². The summed E-state index contributed by atoms with van der Waals surface area (Å²) in [6.07, 6.45) is 2.48. The lowest BCUT2D eigenvalue weighted by Crippen LogP contribution is -2.56. The number of benzene rings is 1. The monoisotopic (exact) mass is 522 g/mol. The summed E-state index contributed by atoms with van der Waals surface area (Å²) >= 11 is 0. The molecule has 2 bridgehead atoms. The lowest BCUT2D eigenvalue weighted by atomic mass is 9.98. The number of piperidine rings is 1. The van der Waals surface area contributed by atoms with E-state index >= 15 is 0 Å². The maximum atomic E-state index is 14.3. The van der Waals surface area contributed by atoms with Crippen LogP contribution in [0.5, 0.6) is 5.75 Å². The smallest absolute Gasteiger partial charge is 0.258 e. The van der Waals surface area contributed by atoms with E-state index < -0.39 is 5.82 Å². The molecular weight excluding hydrogens is 491 g/mol. The predicted molar refractivity (Wildman–Crippen MR) is 139 cm³/mol. The number of halogens is 1. The van der Waals surface area contributed by atoms with Crippen molar-refractivity contribution in [3.05, 3.63) is 46.9 Å². The standard InChI is InChI=1S/C26H31FN8O3/c1-15-24-30-8-7-29-23(36)14-38-21-6-5-16(27)10-18(21)26(37)34-9-3-2-4-20(34)19-11-22(35(24)32-19)31-25(15)33-12-17(28)13-33/h5-6,10-11,17,20,30H,2-4,7-9,12-14,28H2,1H3,(H,29,36). The third-order valence-electron chi connectivity index (χ3n) is 7.42. The van der Waals surface area contributed by atoms with Crippen molar-refractivity contribution in [3.8, 4) is 5.75 Å². The molecule has 38 heavy (non-hydrogen) atoms. The highest BCUT2D eigenvalue weighted by molar-refractivity contribution is 5.97. The number of nitrogens with two attached hydrogens (primary N) is 1. The lowest BCUT2D eigenvalue weighted by molar-refractivity contribution is -0.123. The van der Waals surface area contributed by atoms with Gasteiger partial charge in [0, 0.05) is 50.4 Å². The number of hydrogen-bond acceptors (Lipinski definition) is 8. The summed E-state index contributed by atoms with van der Waals surface area (Å²) < 4.78 is 21.7. The van der Waals surface area contributed by atoms with Gasteiger partial charge in [0.2, 0.25) is 0 Å². The average Bonchev–Trinajstić information content (AvgIpc) is 3.32. The highest BCUT2D eigenvalue weighted by Crippen LogP contribution is 2.36. The van der Waals surface area contributed by atoms with Crippen LogP contribution in [-0.2, 0) is 4.79 Å². The minimum Gasteiger partial charge on any atom is -0.483 e. The fraction of sp³-hybridized carbons (Fsp3) is 0.462. The number of hydrogen-bond donors (Lipinski definition) is 3. The van der Waals surface area contributed by atoms with Crippen LogP contribution in [0.2, 0.25) is 0 Å². The molecule has 5 heterocycles. The number of nitrogens with one attached hydrogen (secondary N) is 2. The molecule has 2 amide bonds. The van der Waals surface area contributed by atoms with Gasteiger partial charge in [0.15, 0.2) is 12.3 Å². The minimum absolute atomic E-state index is 0.0910. The first-order chi connectivity index (χ1) is 18.4. The Balaban J connectivity index is 1.46. The largest absolute Gasteiger partial charge is 0.483 e. The van der Waals surface area contributed by atoms with Crippen molar-refractivity contribution in [2.75, 3.05) is 49.5 Å². The van der Waals surface area contributed by atoms with Crippen LogP contribution in [0.1, 0.15) is 46.9 Å². The number of fused-ring (bicyclic) bond motifs is 4. The molecule has 1 aromatic carbocycles. The summed E-state index contributed by atoms with van der Waals surface area (Å²) in [5.41, 5.74) is 8.44. The van der Waals surface area contributed by atoms with E-state index in [1.807, 2.05) is 13.0 Å². The van der Waals surface area contributed by atoms with E-state index in [0.29, 0.717) is 25.3 Å². The number of amides is 2. The Kier molecular flexibility index (Phi) is 6.26. The Hall–Kier alpha value is -3.93. The predicted octanol–water partition coefficient (Wildman–Crippen LogP) is 1.61. The number of carbonyl (C=O) groups excluding carboxylic acids is 2. The van der Waals surface area contributed by atoms with E-state index in [1.54, 1.807) is 9.42 Å². The average molecular weight is 523 g/mol. The SMILES string of the molecule is Cc1c(N2CC(N)C2)nc2cc3nn2c1NCCNC(=O)COc1ccc(F)cc1C(=O)N1CCCCC31. The molecule has 2 fully saturated rings. The van der Waals surface area contributed by atoms with Crippen LogP contribution < -0.4 is 26.0 Å². The molecule has 200 valence electrons. The number of anilines is 2. The van der Waals surface area contributed by atoms with Crippen LogP contribution in [0.4, 0.5) is 16.0 Å². The van der Waals surface area contributed by atoms with Crippen molar-refractivity contribution in [2.24, 2.45) is 5.73 Å². The number of carbonyl (C=O) groups is 2. The molecule has 0 saturated carbocycles. The molecule has 4 N–H and O–H groups in total. The van der Waals surface area contributed by atoms with Crippen molar-refractivity contribution in [3.63, 3.8) is 0 Å². The van der Waals surface area contributed by atoms with E-state index in [9.17, 15) is 14.0 Å². The van der Waals surface area contributed by atoms with E-state index in [1.165, 1.54) is 18.2 Å². The molecule has 2 aromatic heterocycles. The Morgan fingerprint density at radius 2 is 1.95 bits per heavy atom. The van der Waals surface area contributed by atoms with Gasteiger partial charge in [-0.3, -0.25) is 9.59 Å². The first-order valence-electron chi connectivity index (χ1n) is 13.0. The topological polar surface area (TPSA) is 130 Å². The third-order valence-corrected chi connectivity index (χ3v) is 7.42. The first kappa shape index (κ1) is 24.4. The van der Waals surface area contributed by atoms with Crippen LogP contribution in [-0.4, -0.2) is 76.7 Å². The second-order valence-electron chi connectivity index (χ2n) is 10.1. The summed E-state index contributed by atoms with van der Waals surface area (Å²) in [6.45, 7) is 4.45. The Bertz CT molecular complexity index is 1400. The summed E-state index contributed by atoms with van der Waals surface area (Å²) in [5.74, 6) is 0.541. The van der Waals surface area contributed by atoms with Gasteiger partial charge >= 0.3 is 0 Å². The Morgan fingerprint density at radius 1 is 1.13 bits per heavy atom. The maximum absolute atomic E-state index is 14.3. The number of nitrogens with zero attached hydrogens (tertiary/aromatic N) is 5. The summed E-state index contributed by atoms with van der Waals surface area (Å²) in [7, 11) is 0. The van der Waals surface area contributed by atoms with Gasteiger partial charge in [-0.05, 0) is 44.4 Å².